The molecule has 8 heteroatoms. The highest BCUT2D eigenvalue weighted by Crippen LogP contribution is 2.40. The fraction of sp³-hybridized carbons (Fsp3) is 0.462. The van der Waals surface area contributed by atoms with E-state index in [1.807, 2.05) is 0 Å². The van der Waals surface area contributed by atoms with Crippen LogP contribution in [0.15, 0.2) is 30.3 Å². The summed E-state index contributed by atoms with van der Waals surface area (Å²) in [6.07, 6.45) is 6.70. The van der Waals surface area contributed by atoms with E-state index in [1.165, 1.54) is 25.3 Å². The van der Waals surface area contributed by atoms with Crippen LogP contribution in [0.2, 0.25) is 0 Å². The molecule has 0 radical (unpaired) electrons. The van der Waals surface area contributed by atoms with Gasteiger partial charge in [0.1, 0.15) is 23.9 Å². The van der Waals surface area contributed by atoms with Crippen molar-refractivity contribution in [1.29, 1.82) is 0 Å². The van der Waals surface area contributed by atoms with Crippen molar-refractivity contribution in [3.8, 4) is 11.5 Å². The maximum atomic E-state index is 15.0. The summed E-state index contributed by atoms with van der Waals surface area (Å²) in [5, 5.41) is 12.3. The molecule has 1 saturated carbocycles. The summed E-state index contributed by atoms with van der Waals surface area (Å²) in [7, 11) is 0. The van der Waals surface area contributed by atoms with Crippen LogP contribution in [0.4, 0.5) is 15.8 Å². The van der Waals surface area contributed by atoms with Gasteiger partial charge in [0, 0.05) is 18.2 Å². The largest absolute Gasteiger partial charge is 0.489 e. The molecule has 2 N–H and O–H groups in total. The molecule has 2 aliphatic heterocycles. The Balaban J connectivity index is 1.50. The van der Waals surface area contributed by atoms with Gasteiger partial charge in [-0.05, 0) is 48.6 Å². The second-order valence-electron chi connectivity index (χ2n) is 9.32. The van der Waals surface area contributed by atoms with Gasteiger partial charge in [-0.1, -0.05) is 32.1 Å². The predicted octanol–water partition coefficient (Wildman–Crippen LogP) is 4.07. The van der Waals surface area contributed by atoms with Crippen molar-refractivity contribution in [3.63, 3.8) is 0 Å². The fourth-order valence-corrected chi connectivity index (χ4v) is 5.20. The third kappa shape index (κ3) is 4.46. The van der Waals surface area contributed by atoms with Crippen LogP contribution in [0, 0.1) is 11.7 Å². The minimum Gasteiger partial charge on any atom is -0.489 e. The van der Waals surface area contributed by atoms with Gasteiger partial charge < -0.3 is 19.9 Å². The van der Waals surface area contributed by atoms with Gasteiger partial charge in [0.2, 0.25) is 0 Å². The number of carbonyl (C=O) groups excluding carboxylic acids is 2. The first-order valence-corrected chi connectivity index (χ1v) is 12.0. The summed E-state index contributed by atoms with van der Waals surface area (Å²) >= 11 is 0. The van der Waals surface area contributed by atoms with E-state index in [-0.39, 0.29) is 37.5 Å². The Morgan fingerprint density at radius 2 is 1.94 bits per heavy atom. The smallest absolute Gasteiger partial charge is 0.262 e. The number of fused-ring (bicyclic) bond motifs is 2. The van der Waals surface area contributed by atoms with Crippen LogP contribution < -0.4 is 19.7 Å². The van der Waals surface area contributed by atoms with Crippen molar-refractivity contribution in [1.82, 2.24) is 0 Å². The normalized spacial score (nSPS) is 20.0. The summed E-state index contributed by atoms with van der Waals surface area (Å²) in [5.41, 5.74) is 1.90. The second kappa shape index (κ2) is 9.62. The van der Waals surface area contributed by atoms with Crippen molar-refractivity contribution in [2.75, 3.05) is 30.0 Å². The zero-order chi connectivity index (χ0) is 23.7. The molecule has 0 saturated heterocycles. The van der Waals surface area contributed by atoms with E-state index < -0.39 is 6.04 Å². The number of nitrogens with zero attached hydrogens (tertiary/aromatic N) is 1. The van der Waals surface area contributed by atoms with Gasteiger partial charge in [-0.15, -0.1) is 0 Å². The summed E-state index contributed by atoms with van der Waals surface area (Å²) in [6.45, 7) is -0.0199. The molecule has 0 bridgehead atoms. The lowest BCUT2D eigenvalue weighted by atomic mass is 9.84. The molecule has 2 aromatic carbocycles. The van der Waals surface area contributed by atoms with E-state index in [0.717, 1.165) is 12.8 Å². The van der Waals surface area contributed by atoms with Gasteiger partial charge in [-0.3, -0.25) is 14.5 Å². The number of rotatable bonds is 5. The summed E-state index contributed by atoms with van der Waals surface area (Å²) in [4.78, 5) is 27.1. The highest BCUT2D eigenvalue weighted by atomic mass is 19.1. The zero-order valence-electron chi connectivity index (χ0n) is 19.0. The molecule has 1 fully saturated rings. The molecule has 2 heterocycles. The van der Waals surface area contributed by atoms with E-state index in [2.05, 4.69) is 5.32 Å². The van der Waals surface area contributed by atoms with Gasteiger partial charge in [0.25, 0.3) is 11.8 Å². The molecule has 0 unspecified atom stereocenters. The number of halogens is 1. The third-order valence-electron chi connectivity index (χ3n) is 6.96. The maximum absolute atomic E-state index is 15.0. The summed E-state index contributed by atoms with van der Waals surface area (Å²) in [5.74, 6) is 0.360. The zero-order valence-corrected chi connectivity index (χ0v) is 19.0. The Kier molecular flexibility index (Phi) is 6.41. The lowest BCUT2D eigenvalue weighted by molar-refractivity contribution is -0.118. The molecule has 0 aromatic heterocycles. The van der Waals surface area contributed by atoms with E-state index in [0.29, 0.717) is 52.8 Å². The summed E-state index contributed by atoms with van der Waals surface area (Å²) < 4.78 is 26.2. The van der Waals surface area contributed by atoms with Gasteiger partial charge >= 0.3 is 0 Å². The van der Waals surface area contributed by atoms with E-state index in [4.69, 9.17) is 9.47 Å². The number of aliphatic hydroxyl groups excluding tert-OH is 1. The SMILES string of the molecule is O=C1COc2ccc(C(=O)N3c4cc(CC5CCCCC5)c(F)cc4OC[C@@H]3CCO)cc2N1. The molecule has 180 valence electrons. The highest BCUT2D eigenvalue weighted by Gasteiger charge is 2.34. The number of nitrogens with one attached hydrogen (secondary N) is 1. The summed E-state index contributed by atoms with van der Waals surface area (Å²) in [6, 6.07) is 7.61. The Labute approximate surface area is 197 Å². The first kappa shape index (κ1) is 22.7. The Bertz CT molecular complexity index is 1100. The monoisotopic (exact) mass is 468 g/mol. The van der Waals surface area contributed by atoms with Gasteiger partial charge in [0.05, 0.1) is 17.4 Å². The molecule has 2 amide bonds. The number of hydrogen-bond acceptors (Lipinski definition) is 5. The average molecular weight is 469 g/mol. The first-order chi connectivity index (χ1) is 16.5. The van der Waals surface area contributed by atoms with Crippen LogP contribution in [0.3, 0.4) is 0 Å². The molecule has 1 aliphatic carbocycles. The number of amides is 2. The molecule has 2 aromatic rings. The number of aliphatic hydroxyl groups is 1. The van der Waals surface area contributed by atoms with Crippen molar-refractivity contribution in [3.05, 3.63) is 47.3 Å². The Morgan fingerprint density at radius 1 is 1.12 bits per heavy atom. The number of ether oxygens (including phenoxy) is 2. The van der Waals surface area contributed by atoms with Crippen molar-refractivity contribution in [2.24, 2.45) is 5.92 Å². The number of hydrogen-bond donors (Lipinski definition) is 2. The van der Waals surface area contributed by atoms with E-state index in [1.54, 1.807) is 29.2 Å². The molecule has 3 aliphatic rings. The molecule has 7 nitrogen and oxygen atoms in total. The Hall–Kier alpha value is -3.13. The Morgan fingerprint density at radius 3 is 2.74 bits per heavy atom. The molecular weight excluding hydrogens is 439 g/mol. The molecule has 1 atom stereocenters. The van der Waals surface area contributed by atoms with Crippen LogP contribution in [0.1, 0.15) is 54.4 Å². The first-order valence-electron chi connectivity index (χ1n) is 12.0. The topological polar surface area (TPSA) is 88.1 Å². The van der Waals surface area contributed by atoms with Crippen molar-refractivity contribution >= 4 is 23.2 Å². The van der Waals surface area contributed by atoms with Crippen LogP contribution in [-0.2, 0) is 11.2 Å². The lowest BCUT2D eigenvalue weighted by Crippen LogP contribution is -2.47. The number of anilines is 2. The second-order valence-corrected chi connectivity index (χ2v) is 9.32. The van der Waals surface area contributed by atoms with Gasteiger partial charge in [-0.2, -0.15) is 0 Å². The van der Waals surface area contributed by atoms with Crippen LogP contribution in [0.5, 0.6) is 11.5 Å². The van der Waals surface area contributed by atoms with Crippen molar-refractivity contribution in [2.45, 2.75) is 51.0 Å². The average Bonchev–Trinajstić information content (AvgIpc) is 2.84. The maximum Gasteiger partial charge on any atom is 0.262 e. The van der Waals surface area contributed by atoms with Gasteiger partial charge in [0.15, 0.2) is 6.61 Å². The van der Waals surface area contributed by atoms with E-state index >= 15 is 0 Å². The minimum absolute atomic E-state index is 0.0644. The molecular formula is C26H29FN2O5. The quantitative estimate of drug-likeness (QED) is 0.691. The van der Waals surface area contributed by atoms with Gasteiger partial charge in [-0.25, -0.2) is 4.39 Å². The van der Waals surface area contributed by atoms with Crippen molar-refractivity contribution < 1.29 is 28.6 Å². The standard InChI is InChI=1S/C26H29FN2O5/c27-20-13-24-22(12-18(20)10-16-4-2-1-3-5-16)29(19(8-9-30)14-33-24)26(32)17-6-7-23-21(11-17)28-25(31)15-34-23/h6-7,11-13,16,19,30H,1-5,8-10,14-15H2,(H,28,31)/t19-/m0/s1. The predicted molar refractivity (Wildman–Crippen MR) is 125 cm³/mol. The highest BCUT2D eigenvalue weighted by molar-refractivity contribution is 6.09. The minimum atomic E-state index is -0.403. The lowest BCUT2D eigenvalue weighted by Gasteiger charge is -2.37. The van der Waals surface area contributed by atoms with Crippen LogP contribution in [0.25, 0.3) is 0 Å². The fourth-order valence-electron chi connectivity index (χ4n) is 5.20. The number of carbonyl (C=O) groups is 2. The molecule has 0 spiro atoms. The van der Waals surface area contributed by atoms with Crippen LogP contribution in [-0.4, -0.2) is 42.8 Å². The molecule has 34 heavy (non-hydrogen) atoms. The third-order valence-corrected chi connectivity index (χ3v) is 6.96. The number of benzene rings is 2. The van der Waals surface area contributed by atoms with E-state index in [9.17, 15) is 19.1 Å². The van der Waals surface area contributed by atoms with Crippen LogP contribution >= 0.6 is 0 Å². The molecule has 5 rings (SSSR count).